The lowest BCUT2D eigenvalue weighted by atomic mass is 10.2. The van der Waals surface area contributed by atoms with E-state index in [1.807, 2.05) is 6.92 Å². The number of rotatable bonds is 3. The lowest BCUT2D eigenvalue weighted by Crippen LogP contribution is -2.15. The fourth-order valence-corrected chi connectivity index (χ4v) is 0.974. The zero-order valence-corrected chi connectivity index (χ0v) is 8.04. The molecular weight excluding hydrogens is 186 g/mol. The maximum Gasteiger partial charge on any atom is 0.151 e. The highest BCUT2D eigenvalue weighted by Crippen LogP contribution is 2.07. The van der Waals surface area contributed by atoms with E-state index in [9.17, 15) is 0 Å². The highest BCUT2D eigenvalue weighted by atomic mass is 35.5. The van der Waals surface area contributed by atoms with Gasteiger partial charge in [-0.25, -0.2) is 0 Å². The molecule has 1 rings (SSSR count). The second kappa shape index (κ2) is 4.68. The maximum atomic E-state index is 5.58. The molecule has 0 spiro atoms. The molecular formula is C9H10ClN3. The smallest absolute Gasteiger partial charge is 0.151 e. The minimum atomic E-state index is 0.195. The fraction of sp³-hybridized carbons (Fsp3) is 0.333. The Bertz CT molecular complexity index is 302. The molecule has 0 fully saturated rings. The molecule has 13 heavy (non-hydrogen) atoms. The van der Waals surface area contributed by atoms with Crippen LogP contribution in [0.15, 0.2) is 12.1 Å². The van der Waals surface area contributed by atoms with Gasteiger partial charge < -0.3 is 5.32 Å². The molecule has 0 amide bonds. The van der Waals surface area contributed by atoms with Crippen molar-refractivity contribution >= 4 is 17.4 Å². The molecule has 1 unspecified atom stereocenters. The molecule has 68 valence electrons. The summed E-state index contributed by atoms with van der Waals surface area (Å²) in [5.74, 6) is 3.25. The quantitative estimate of drug-likeness (QED) is 0.750. The second-order valence-corrected chi connectivity index (χ2v) is 3.08. The molecule has 1 heterocycles. The number of anilines is 1. The Hall–Kier alpha value is -1.27. The fourth-order valence-electron chi connectivity index (χ4n) is 0.873. The zero-order chi connectivity index (χ0) is 9.68. The number of nitrogens with one attached hydrogen (secondary N) is 1. The Labute approximate surface area is 82.5 Å². The summed E-state index contributed by atoms with van der Waals surface area (Å²) in [5, 5.41) is 11.0. The predicted octanol–water partition coefficient (Wildman–Crippen LogP) is 1.95. The molecule has 0 radical (unpaired) electrons. The summed E-state index contributed by atoms with van der Waals surface area (Å²) in [7, 11) is 0. The Morgan fingerprint density at radius 1 is 1.62 bits per heavy atom. The van der Waals surface area contributed by atoms with Crippen molar-refractivity contribution in [1.29, 1.82) is 0 Å². The Morgan fingerprint density at radius 2 is 2.38 bits per heavy atom. The van der Waals surface area contributed by atoms with Crippen LogP contribution in [0, 0.1) is 12.3 Å². The monoisotopic (exact) mass is 195 g/mol. The maximum absolute atomic E-state index is 5.58. The molecule has 1 aromatic rings. The topological polar surface area (TPSA) is 37.8 Å². The SMILES string of the molecule is C#CCC(C)Nc1ccc(Cl)nn1. The van der Waals surface area contributed by atoms with E-state index in [1.165, 1.54) is 0 Å². The van der Waals surface area contributed by atoms with Gasteiger partial charge in [0, 0.05) is 12.5 Å². The number of nitrogens with zero attached hydrogens (tertiary/aromatic N) is 2. The third kappa shape index (κ3) is 3.30. The Kier molecular flexibility index (Phi) is 3.53. The summed E-state index contributed by atoms with van der Waals surface area (Å²) in [4.78, 5) is 0. The lowest BCUT2D eigenvalue weighted by Gasteiger charge is -2.09. The van der Waals surface area contributed by atoms with E-state index < -0.39 is 0 Å². The van der Waals surface area contributed by atoms with Crippen molar-refractivity contribution in [2.24, 2.45) is 0 Å². The summed E-state index contributed by atoms with van der Waals surface area (Å²) < 4.78 is 0. The van der Waals surface area contributed by atoms with Crippen molar-refractivity contribution in [3.8, 4) is 12.3 Å². The van der Waals surface area contributed by atoms with Crippen molar-refractivity contribution in [3.05, 3.63) is 17.3 Å². The van der Waals surface area contributed by atoms with E-state index in [4.69, 9.17) is 18.0 Å². The molecule has 0 aliphatic rings. The second-order valence-electron chi connectivity index (χ2n) is 2.69. The molecule has 0 aromatic carbocycles. The molecule has 0 aliphatic heterocycles. The van der Waals surface area contributed by atoms with Gasteiger partial charge in [0.2, 0.25) is 0 Å². The van der Waals surface area contributed by atoms with E-state index in [0.29, 0.717) is 17.4 Å². The van der Waals surface area contributed by atoms with Crippen LogP contribution in [-0.2, 0) is 0 Å². The van der Waals surface area contributed by atoms with Crippen molar-refractivity contribution in [2.75, 3.05) is 5.32 Å². The molecule has 1 N–H and O–H groups in total. The van der Waals surface area contributed by atoms with Crippen molar-refractivity contribution < 1.29 is 0 Å². The first-order valence-electron chi connectivity index (χ1n) is 3.91. The van der Waals surface area contributed by atoms with Crippen molar-refractivity contribution in [3.63, 3.8) is 0 Å². The van der Waals surface area contributed by atoms with Crippen LogP contribution in [0.1, 0.15) is 13.3 Å². The van der Waals surface area contributed by atoms with Crippen LogP contribution in [0.3, 0.4) is 0 Å². The normalized spacial score (nSPS) is 11.8. The van der Waals surface area contributed by atoms with Crippen LogP contribution in [0.25, 0.3) is 0 Å². The Balaban J connectivity index is 2.55. The highest BCUT2D eigenvalue weighted by molar-refractivity contribution is 6.29. The van der Waals surface area contributed by atoms with Gasteiger partial charge in [0.05, 0.1) is 0 Å². The third-order valence-corrected chi connectivity index (χ3v) is 1.65. The first-order chi connectivity index (χ1) is 6.22. The molecule has 0 bridgehead atoms. The standard InChI is InChI=1S/C9H10ClN3/c1-3-4-7(2)11-9-6-5-8(10)12-13-9/h1,5-7H,4H2,2H3,(H,11,13). The van der Waals surface area contributed by atoms with E-state index >= 15 is 0 Å². The first-order valence-corrected chi connectivity index (χ1v) is 4.29. The molecule has 4 heteroatoms. The number of aromatic nitrogens is 2. The largest absolute Gasteiger partial charge is 0.365 e. The first kappa shape index (κ1) is 9.82. The highest BCUT2D eigenvalue weighted by Gasteiger charge is 2.00. The van der Waals surface area contributed by atoms with Gasteiger partial charge in [-0.1, -0.05) is 11.6 Å². The van der Waals surface area contributed by atoms with Crippen LogP contribution >= 0.6 is 11.6 Å². The zero-order valence-electron chi connectivity index (χ0n) is 7.29. The molecule has 3 nitrogen and oxygen atoms in total. The van der Waals surface area contributed by atoms with Gasteiger partial charge in [-0.2, -0.15) is 0 Å². The van der Waals surface area contributed by atoms with Gasteiger partial charge >= 0.3 is 0 Å². The van der Waals surface area contributed by atoms with Gasteiger partial charge in [0.25, 0.3) is 0 Å². The average Bonchev–Trinajstić information content (AvgIpc) is 2.09. The minimum Gasteiger partial charge on any atom is -0.365 e. The number of halogens is 1. The Morgan fingerprint density at radius 3 is 2.92 bits per heavy atom. The molecule has 0 saturated carbocycles. The number of terminal acetylenes is 1. The third-order valence-electron chi connectivity index (χ3n) is 1.45. The van der Waals surface area contributed by atoms with Crippen LogP contribution < -0.4 is 5.32 Å². The molecule has 1 atom stereocenters. The lowest BCUT2D eigenvalue weighted by molar-refractivity contribution is 0.813. The summed E-state index contributed by atoms with van der Waals surface area (Å²) in [6.07, 6.45) is 5.82. The summed E-state index contributed by atoms with van der Waals surface area (Å²) >= 11 is 5.58. The minimum absolute atomic E-state index is 0.195. The summed E-state index contributed by atoms with van der Waals surface area (Å²) in [6, 6.07) is 3.64. The van der Waals surface area contributed by atoms with E-state index in [-0.39, 0.29) is 6.04 Å². The summed E-state index contributed by atoms with van der Waals surface area (Å²) in [6.45, 7) is 1.98. The molecule has 0 aliphatic carbocycles. The van der Waals surface area contributed by atoms with Crippen LogP contribution in [-0.4, -0.2) is 16.2 Å². The van der Waals surface area contributed by atoms with Gasteiger partial charge in [-0.15, -0.1) is 22.5 Å². The van der Waals surface area contributed by atoms with Gasteiger partial charge in [0.15, 0.2) is 5.15 Å². The number of hydrogen-bond donors (Lipinski definition) is 1. The van der Waals surface area contributed by atoms with Crippen LogP contribution in [0.2, 0.25) is 5.15 Å². The van der Waals surface area contributed by atoms with Crippen LogP contribution in [0.4, 0.5) is 5.82 Å². The number of hydrogen-bond acceptors (Lipinski definition) is 3. The van der Waals surface area contributed by atoms with Gasteiger partial charge in [0.1, 0.15) is 5.82 Å². The predicted molar refractivity (Wildman–Crippen MR) is 53.6 cm³/mol. The summed E-state index contributed by atoms with van der Waals surface area (Å²) in [5.41, 5.74) is 0. The van der Waals surface area contributed by atoms with Crippen molar-refractivity contribution in [2.45, 2.75) is 19.4 Å². The van der Waals surface area contributed by atoms with E-state index in [1.54, 1.807) is 12.1 Å². The van der Waals surface area contributed by atoms with E-state index in [2.05, 4.69) is 21.4 Å². The van der Waals surface area contributed by atoms with Gasteiger partial charge in [-0.3, -0.25) is 0 Å². The average molecular weight is 196 g/mol. The van der Waals surface area contributed by atoms with Crippen molar-refractivity contribution in [1.82, 2.24) is 10.2 Å². The molecule has 1 aromatic heterocycles. The van der Waals surface area contributed by atoms with E-state index in [0.717, 1.165) is 0 Å². The molecule has 0 saturated heterocycles. The van der Waals surface area contributed by atoms with Crippen LogP contribution in [0.5, 0.6) is 0 Å². The van der Waals surface area contributed by atoms with Gasteiger partial charge in [-0.05, 0) is 19.1 Å².